The number of carbonyl (C=O) groups is 1. The molecule has 1 aliphatic heterocycles. The first-order valence-corrected chi connectivity index (χ1v) is 10.7. The molecule has 1 aliphatic rings. The highest BCUT2D eigenvalue weighted by atomic mass is 35.5. The fourth-order valence-electron chi connectivity index (χ4n) is 3.07. The van der Waals surface area contributed by atoms with Crippen LogP contribution in [-0.2, 0) is 14.8 Å². The predicted molar refractivity (Wildman–Crippen MR) is 106 cm³/mol. The number of piperazine rings is 1. The zero-order valence-corrected chi connectivity index (χ0v) is 16.9. The summed E-state index contributed by atoms with van der Waals surface area (Å²) < 4.78 is 40.5. The molecule has 0 radical (unpaired) electrons. The minimum absolute atomic E-state index is 0.187. The van der Waals surface area contributed by atoms with Gasteiger partial charge in [-0.3, -0.25) is 9.69 Å². The van der Waals surface area contributed by atoms with Gasteiger partial charge in [0.25, 0.3) is 0 Å². The third-order valence-electron chi connectivity index (χ3n) is 4.77. The van der Waals surface area contributed by atoms with Crippen molar-refractivity contribution in [1.82, 2.24) is 9.21 Å². The quantitative estimate of drug-likeness (QED) is 0.799. The number of hydrogen-bond donors (Lipinski definition) is 1. The third-order valence-corrected chi connectivity index (χ3v) is 6.95. The van der Waals surface area contributed by atoms with E-state index in [0.29, 0.717) is 23.8 Å². The van der Waals surface area contributed by atoms with E-state index in [-0.39, 0.29) is 23.9 Å². The van der Waals surface area contributed by atoms with Crippen molar-refractivity contribution in [1.29, 1.82) is 0 Å². The number of carbonyl (C=O) groups excluding carboxylic acids is 1. The molecule has 150 valence electrons. The molecule has 0 aliphatic carbocycles. The highest BCUT2D eigenvalue weighted by Crippen LogP contribution is 2.21. The molecule has 1 heterocycles. The normalized spacial score (nSPS) is 17.2. The lowest BCUT2D eigenvalue weighted by atomic mass is 10.2. The second kappa shape index (κ2) is 8.57. The molecule has 2 aromatic carbocycles. The summed E-state index contributed by atoms with van der Waals surface area (Å²) >= 11 is 5.84. The monoisotopic (exact) mass is 425 g/mol. The Morgan fingerprint density at radius 2 is 1.68 bits per heavy atom. The van der Waals surface area contributed by atoms with Crippen LogP contribution >= 0.6 is 11.6 Å². The number of halogens is 2. The first kappa shape index (κ1) is 20.7. The minimum Gasteiger partial charge on any atom is -0.325 e. The number of benzene rings is 2. The zero-order valence-electron chi connectivity index (χ0n) is 15.3. The summed E-state index contributed by atoms with van der Waals surface area (Å²) in [7, 11) is -3.90. The molecule has 1 atom stereocenters. The standard InChI is InChI=1S/C19H21ClFN3O3S/c1-14(19(25)22-16-8-6-15(20)7-9-16)23-10-12-24(13-11-23)28(26,27)18-5-3-2-4-17(18)21/h2-9,14H,10-13H2,1H3,(H,22,25). The number of nitrogens with one attached hydrogen (secondary N) is 1. The van der Waals surface area contributed by atoms with E-state index in [2.05, 4.69) is 5.32 Å². The summed E-state index contributed by atoms with van der Waals surface area (Å²) in [6, 6.07) is 11.7. The molecular formula is C19H21ClFN3O3S. The SMILES string of the molecule is CC(C(=O)Nc1ccc(Cl)cc1)N1CCN(S(=O)(=O)c2ccccc2F)CC1. The highest BCUT2D eigenvalue weighted by molar-refractivity contribution is 7.89. The molecule has 3 rings (SSSR count). The van der Waals surface area contributed by atoms with Crippen molar-refractivity contribution >= 4 is 33.2 Å². The number of anilines is 1. The number of nitrogens with zero attached hydrogens (tertiary/aromatic N) is 2. The lowest BCUT2D eigenvalue weighted by Gasteiger charge is -2.36. The molecule has 1 amide bonds. The van der Waals surface area contributed by atoms with Crippen LogP contribution in [0.3, 0.4) is 0 Å². The van der Waals surface area contributed by atoms with Gasteiger partial charge in [-0.2, -0.15) is 4.31 Å². The van der Waals surface area contributed by atoms with Gasteiger partial charge in [-0.25, -0.2) is 12.8 Å². The molecule has 0 bridgehead atoms. The third kappa shape index (κ3) is 4.52. The average Bonchev–Trinajstić information content (AvgIpc) is 2.69. The van der Waals surface area contributed by atoms with Gasteiger partial charge in [-0.05, 0) is 43.3 Å². The van der Waals surface area contributed by atoms with Crippen molar-refractivity contribution in [2.75, 3.05) is 31.5 Å². The van der Waals surface area contributed by atoms with Crippen LogP contribution in [0.4, 0.5) is 10.1 Å². The van der Waals surface area contributed by atoms with Crippen LogP contribution in [0.5, 0.6) is 0 Å². The van der Waals surface area contributed by atoms with Gasteiger partial charge in [0.1, 0.15) is 10.7 Å². The van der Waals surface area contributed by atoms with Crippen LogP contribution in [0.1, 0.15) is 6.92 Å². The van der Waals surface area contributed by atoms with Gasteiger partial charge in [-0.1, -0.05) is 23.7 Å². The van der Waals surface area contributed by atoms with E-state index in [9.17, 15) is 17.6 Å². The van der Waals surface area contributed by atoms with Gasteiger partial charge in [-0.15, -0.1) is 0 Å². The molecule has 1 N–H and O–H groups in total. The smallest absolute Gasteiger partial charge is 0.246 e. The Hall–Kier alpha value is -2.00. The molecule has 2 aromatic rings. The summed E-state index contributed by atoms with van der Waals surface area (Å²) in [4.78, 5) is 14.1. The number of rotatable bonds is 5. The lowest BCUT2D eigenvalue weighted by molar-refractivity contribution is -0.121. The Kier molecular flexibility index (Phi) is 6.34. The fraction of sp³-hybridized carbons (Fsp3) is 0.316. The van der Waals surface area contributed by atoms with Gasteiger partial charge in [0.15, 0.2) is 0 Å². The van der Waals surface area contributed by atoms with E-state index in [1.165, 1.54) is 22.5 Å². The van der Waals surface area contributed by atoms with E-state index in [1.54, 1.807) is 31.2 Å². The molecule has 6 nitrogen and oxygen atoms in total. The second-order valence-electron chi connectivity index (χ2n) is 6.54. The maximum absolute atomic E-state index is 13.9. The Labute approximate surface area is 168 Å². The van der Waals surface area contributed by atoms with Crippen molar-refractivity contribution in [3.8, 4) is 0 Å². The van der Waals surface area contributed by atoms with Crippen LogP contribution in [0.15, 0.2) is 53.4 Å². The first-order valence-electron chi connectivity index (χ1n) is 8.84. The summed E-state index contributed by atoms with van der Waals surface area (Å²) in [6.07, 6.45) is 0. The van der Waals surface area contributed by atoms with Gasteiger partial charge < -0.3 is 5.32 Å². The van der Waals surface area contributed by atoms with E-state index in [0.717, 1.165) is 6.07 Å². The fourth-order valence-corrected chi connectivity index (χ4v) is 4.68. The van der Waals surface area contributed by atoms with Gasteiger partial charge >= 0.3 is 0 Å². The Balaban J connectivity index is 1.60. The van der Waals surface area contributed by atoms with Crippen molar-refractivity contribution in [3.05, 3.63) is 59.4 Å². The largest absolute Gasteiger partial charge is 0.325 e. The molecule has 28 heavy (non-hydrogen) atoms. The van der Waals surface area contributed by atoms with E-state index in [4.69, 9.17) is 11.6 Å². The van der Waals surface area contributed by atoms with Crippen molar-refractivity contribution in [3.63, 3.8) is 0 Å². The van der Waals surface area contributed by atoms with Crippen LogP contribution in [0.25, 0.3) is 0 Å². The predicted octanol–water partition coefficient (Wildman–Crippen LogP) is 2.81. The maximum atomic E-state index is 13.9. The van der Waals surface area contributed by atoms with Crippen molar-refractivity contribution < 1.29 is 17.6 Å². The van der Waals surface area contributed by atoms with Crippen molar-refractivity contribution in [2.24, 2.45) is 0 Å². The maximum Gasteiger partial charge on any atom is 0.246 e. The topological polar surface area (TPSA) is 69.7 Å². The van der Waals surface area contributed by atoms with Crippen LogP contribution < -0.4 is 5.32 Å². The molecule has 1 fully saturated rings. The van der Waals surface area contributed by atoms with Gasteiger partial charge in [0, 0.05) is 36.9 Å². The van der Waals surface area contributed by atoms with Crippen LogP contribution in [0.2, 0.25) is 5.02 Å². The summed E-state index contributed by atoms with van der Waals surface area (Å²) in [5.74, 6) is -0.951. The Bertz CT molecular complexity index is 945. The molecule has 9 heteroatoms. The highest BCUT2D eigenvalue weighted by Gasteiger charge is 2.33. The zero-order chi connectivity index (χ0) is 20.3. The summed E-state index contributed by atoms with van der Waals surface area (Å²) in [6.45, 7) is 2.91. The second-order valence-corrected chi connectivity index (χ2v) is 8.89. The molecule has 1 unspecified atom stereocenters. The van der Waals surface area contributed by atoms with Gasteiger partial charge in [0.2, 0.25) is 15.9 Å². The molecule has 1 saturated heterocycles. The molecular weight excluding hydrogens is 405 g/mol. The van der Waals surface area contributed by atoms with Gasteiger partial charge in [0.05, 0.1) is 6.04 Å². The Morgan fingerprint density at radius 1 is 1.07 bits per heavy atom. The van der Waals surface area contributed by atoms with E-state index < -0.39 is 21.9 Å². The van der Waals surface area contributed by atoms with Crippen molar-refractivity contribution in [2.45, 2.75) is 17.9 Å². The van der Waals surface area contributed by atoms with Crippen LogP contribution in [0, 0.1) is 5.82 Å². The number of amides is 1. The number of sulfonamides is 1. The number of hydrogen-bond acceptors (Lipinski definition) is 4. The van der Waals surface area contributed by atoms with E-state index >= 15 is 0 Å². The first-order chi connectivity index (χ1) is 13.3. The Morgan fingerprint density at radius 3 is 2.29 bits per heavy atom. The molecule has 0 spiro atoms. The summed E-state index contributed by atoms with van der Waals surface area (Å²) in [5, 5.41) is 3.40. The average molecular weight is 426 g/mol. The minimum atomic E-state index is -3.90. The van der Waals surface area contributed by atoms with E-state index in [1.807, 2.05) is 4.90 Å². The molecule has 0 saturated carbocycles. The van der Waals surface area contributed by atoms with Crippen LogP contribution in [-0.4, -0.2) is 55.8 Å². The summed E-state index contributed by atoms with van der Waals surface area (Å²) in [5.41, 5.74) is 0.641. The lowest BCUT2D eigenvalue weighted by Crippen LogP contribution is -2.54. The molecule has 0 aromatic heterocycles.